The fraction of sp³-hybridized carbons (Fsp3) is 0.417. The molecule has 0 spiro atoms. The molecule has 2 N–H and O–H groups in total. The first kappa shape index (κ1) is 11.7. The fourth-order valence-corrected chi connectivity index (χ4v) is 1.42. The molecule has 1 aromatic carbocycles. The molecule has 0 atom stereocenters. The summed E-state index contributed by atoms with van der Waals surface area (Å²) in [6.07, 6.45) is 0. The first-order chi connectivity index (χ1) is 7.13. The van der Waals surface area contributed by atoms with E-state index in [-0.39, 0.29) is 5.91 Å². The van der Waals surface area contributed by atoms with E-state index in [1.807, 2.05) is 19.1 Å². The molecule has 3 nitrogen and oxygen atoms in total. The van der Waals surface area contributed by atoms with Crippen LogP contribution in [-0.4, -0.2) is 23.9 Å². The second-order valence-corrected chi connectivity index (χ2v) is 3.71. The molecule has 0 aliphatic heterocycles. The van der Waals surface area contributed by atoms with Crippen LogP contribution >= 0.6 is 0 Å². The van der Waals surface area contributed by atoms with E-state index in [0.29, 0.717) is 19.6 Å². The summed E-state index contributed by atoms with van der Waals surface area (Å²) in [5.74, 6) is 0.0704. The summed E-state index contributed by atoms with van der Waals surface area (Å²) in [4.78, 5) is 13.0. The maximum Gasteiger partial charge on any atom is 0.219 e. The highest BCUT2D eigenvalue weighted by Gasteiger charge is 2.07. The molecule has 0 heterocycles. The second-order valence-electron chi connectivity index (χ2n) is 3.71. The van der Waals surface area contributed by atoms with Crippen molar-refractivity contribution < 1.29 is 4.79 Å². The Kier molecular flexibility index (Phi) is 4.31. The molecule has 1 aromatic rings. The lowest BCUT2D eigenvalue weighted by molar-refractivity contribution is -0.129. The van der Waals surface area contributed by atoms with Gasteiger partial charge in [0.05, 0.1) is 0 Å². The van der Waals surface area contributed by atoms with Gasteiger partial charge in [0.25, 0.3) is 0 Å². The monoisotopic (exact) mass is 206 g/mol. The van der Waals surface area contributed by atoms with E-state index in [2.05, 4.69) is 12.1 Å². The van der Waals surface area contributed by atoms with E-state index in [9.17, 15) is 4.79 Å². The molecule has 0 saturated carbocycles. The molecule has 0 saturated heterocycles. The predicted molar refractivity (Wildman–Crippen MR) is 61.3 cm³/mol. The second kappa shape index (κ2) is 5.51. The number of nitrogens with zero attached hydrogens (tertiary/aromatic N) is 1. The van der Waals surface area contributed by atoms with Gasteiger partial charge < -0.3 is 10.6 Å². The zero-order valence-electron chi connectivity index (χ0n) is 9.36. The largest absolute Gasteiger partial charge is 0.337 e. The predicted octanol–water partition coefficient (Wildman–Crippen LogP) is 1.30. The van der Waals surface area contributed by atoms with Gasteiger partial charge in [-0.25, -0.2) is 0 Å². The Bertz CT molecular complexity index is 319. The van der Waals surface area contributed by atoms with Gasteiger partial charge in [-0.1, -0.05) is 29.8 Å². The lowest BCUT2D eigenvalue weighted by Gasteiger charge is -2.20. The van der Waals surface area contributed by atoms with Crippen molar-refractivity contribution >= 4 is 5.91 Å². The van der Waals surface area contributed by atoms with Gasteiger partial charge in [0, 0.05) is 26.6 Å². The number of nitrogens with two attached hydrogens (primary N) is 1. The van der Waals surface area contributed by atoms with Crippen LogP contribution in [0.5, 0.6) is 0 Å². The summed E-state index contributed by atoms with van der Waals surface area (Å²) in [5.41, 5.74) is 7.82. The number of carbonyl (C=O) groups excluding carboxylic acids is 1. The number of amides is 1. The van der Waals surface area contributed by atoms with Crippen molar-refractivity contribution in [3.8, 4) is 0 Å². The molecule has 0 aliphatic carbocycles. The highest BCUT2D eigenvalue weighted by molar-refractivity contribution is 5.73. The standard InChI is InChI=1S/C12H18N2O/c1-10-3-5-12(6-4-10)9-14(8-7-13)11(2)15/h3-6H,7-9,13H2,1-2H3. The third-order valence-corrected chi connectivity index (χ3v) is 2.34. The van der Waals surface area contributed by atoms with Crippen molar-refractivity contribution in [1.82, 2.24) is 4.90 Å². The molecule has 15 heavy (non-hydrogen) atoms. The molecule has 82 valence electrons. The summed E-state index contributed by atoms with van der Waals surface area (Å²) in [5, 5.41) is 0. The fourth-order valence-electron chi connectivity index (χ4n) is 1.42. The molecule has 0 aromatic heterocycles. The molecule has 0 unspecified atom stereocenters. The van der Waals surface area contributed by atoms with E-state index >= 15 is 0 Å². The van der Waals surface area contributed by atoms with Gasteiger partial charge in [0.15, 0.2) is 0 Å². The van der Waals surface area contributed by atoms with Crippen molar-refractivity contribution in [2.24, 2.45) is 5.73 Å². The van der Waals surface area contributed by atoms with Crippen LogP contribution in [0.25, 0.3) is 0 Å². The van der Waals surface area contributed by atoms with Crippen LogP contribution in [-0.2, 0) is 11.3 Å². The molecule has 3 heteroatoms. The van der Waals surface area contributed by atoms with Crippen molar-refractivity contribution in [2.75, 3.05) is 13.1 Å². The first-order valence-electron chi connectivity index (χ1n) is 5.14. The van der Waals surface area contributed by atoms with Gasteiger partial charge in [0.2, 0.25) is 5.91 Å². The Balaban J connectivity index is 2.65. The number of hydrogen-bond donors (Lipinski definition) is 1. The van der Waals surface area contributed by atoms with Crippen LogP contribution in [0, 0.1) is 6.92 Å². The highest BCUT2D eigenvalue weighted by Crippen LogP contribution is 2.06. The van der Waals surface area contributed by atoms with Gasteiger partial charge in [-0.3, -0.25) is 4.79 Å². The molecule has 0 bridgehead atoms. The average molecular weight is 206 g/mol. The Morgan fingerprint density at radius 1 is 1.33 bits per heavy atom. The Hall–Kier alpha value is -1.35. The SMILES string of the molecule is CC(=O)N(CCN)Cc1ccc(C)cc1. The third kappa shape index (κ3) is 3.72. The zero-order valence-corrected chi connectivity index (χ0v) is 9.36. The quantitative estimate of drug-likeness (QED) is 0.807. The van der Waals surface area contributed by atoms with E-state index in [0.717, 1.165) is 5.56 Å². The zero-order chi connectivity index (χ0) is 11.3. The van der Waals surface area contributed by atoms with Crippen LogP contribution < -0.4 is 5.73 Å². The lowest BCUT2D eigenvalue weighted by atomic mass is 10.1. The topological polar surface area (TPSA) is 46.3 Å². The molecule has 0 aliphatic rings. The Morgan fingerprint density at radius 2 is 1.93 bits per heavy atom. The van der Waals surface area contributed by atoms with Crippen LogP contribution in [0.15, 0.2) is 24.3 Å². The van der Waals surface area contributed by atoms with Gasteiger partial charge in [-0.2, -0.15) is 0 Å². The molecule has 0 radical (unpaired) electrons. The van der Waals surface area contributed by atoms with Crippen molar-refractivity contribution in [3.63, 3.8) is 0 Å². The minimum Gasteiger partial charge on any atom is -0.337 e. The van der Waals surface area contributed by atoms with Crippen molar-refractivity contribution in [2.45, 2.75) is 20.4 Å². The summed E-state index contributed by atoms with van der Waals surface area (Å²) in [7, 11) is 0. The summed E-state index contributed by atoms with van der Waals surface area (Å²) in [6.45, 7) is 5.39. The molecular formula is C12H18N2O. The number of hydrogen-bond acceptors (Lipinski definition) is 2. The molecule has 1 rings (SSSR count). The smallest absolute Gasteiger partial charge is 0.219 e. The van der Waals surface area contributed by atoms with Gasteiger partial charge in [-0.15, -0.1) is 0 Å². The van der Waals surface area contributed by atoms with E-state index in [1.165, 1.54) is 5.56 Å². The molecular weight excluding hydrogens is 188 g/mol. The van der Waals surface area contributed by atoms with Crippen LogP contribution in [0.1, 0.15) is 18.1 Å². The van der Waals surface area contributed by atoms with Crippen LogP contribution in [0.4, 0.5) is 0 Å². The third-order valence-electron chi connectivity index (χ3n) is 2.34. The van der Waals surface area contributed by atoms with Crippen LogP contribution in [0.3, 0.4) is 0 Å². The maximum absolute atomic E-state index is 11.3. The van der Waals surface area contributed by atoms with Crippen molar-refractivity contribution in [1.29, 1.82) is 0 Å². The summed E-state index contributed by atoms with van der Waals surface area (Å²) >= 11 is 0. The van der Waals surface area contributed by atoms with Gasteiger partial charge >= 0.3 is 0 Å². The van der Waals surface area contributed by atoms with E-state index < -0.39 is 0 Å². The van der Waals surface area contributed by atoms with Crippen molar-refractivity contribution in [3.05, 3.63) is 35.4 Å². The highest BCUT2D eigenvalue weighted by atomic mass is 16.2. The van der Waals surface area contributed by atoms with Gasteiger partial charge in [0.1, 0.15) is 0 Å². The number of carbonyl (C=O) groups is 1. The first-order valence-corrected chi connectivity index (χ1v) is 5.14. The summed E-state index contributed by atoms with van der Waals surface area (Å²) < 4.78 is 0. The Morgan fingerprint density at radius 3 is 2.40 bits per heavy atom. The van der Waals surface area contributed by atoms with E-state index in [4.69, 9.17) is 5.73 Å². The minimum atomic E-state index is 0.0704. The van der Waals surface area contributed by atoms with Crippen LogP contribution in [0.2, 0.25) is 0 Å². The average Bonchev–Trinajstić information content (AvgIpc) is 2.20. The lowest BCUT2D eigenvalue weighted by Crippen LogP contribution is -2.33. The molecule has 1 amide bonds. The number of rotatable bonds is 4. The minimum absolute atomic E-state index is 0.0704. The summed E-state index contributed by atoms with van der Waals surface area (Å²) in [6, 6.07) is 8.19. The number of benzene rings is 1. The maximum atomic E-state index is 11.3. The number of aryl methyl sites for hydroxylation is 1. The normalized spacial score (nSPS) is 10.1. The Labute approximate surface area is 90.9 Å². The van der Waals surface area contributed by atoms with Gasteiger partial charge in [-0.05, 0) is 12.5 Å². The molecule has 0 fully saturated rings. The van der Waals surface area contributed by atoms with E-state index in [1.54, 1.807) is 11.8 Å².